The lowest BCUT2D eigenvalue weighted by atomic mass is 10.3. The predicted molar refractivity (Wildman–Crippen MR) is 79.9 cm³/mol. The smallest absolute Gasteiger partial charge is 0.233 e. The Labute approximate surface area is 124 Å². The van der Waals surface area contributed by atoms with Crippen molar-refractivity contribution in [3.05, 3.63) is 23.2 Å². The molecular formula is C12H17Cl2NO3S. The third-order valence-corrected chi connectivity index (χ3v) is 4.65. The number of hydrogen-bond acceptors (Lipinski definition) is 3. The van der Waals surface area contributed by atoms with Crippen molar-refractivity contribution < 1.29 is 13.2 Å². The lowest BCUT2D eigenvalue weighted by molar-refractivity contribution is 0.340. The van der Waals surface area contributed by atoms with Crippen molar-refractivity contribution in [2.75, 3.05) is 23.0 Å². The van der Waals surface area contributed by atoms with E-state index >= 15 is 0 Å². The topological polar surface area (TPSA) is 55.4 Å². The van der Waals surface area contributed by atoms with Crippen molar-refractivity contribution >= 4 is 38.9 Å². The van der Waals surface area contributed by atoms with Crippen LogP contribution in [0.3, 0.4) is 0 Å². The van der Waals surface area contributed by atoms with Crippen LogP contribution in [-0.2, 0) is 10.0 Å². The van der Waals surface area contributed by atoms with E-state index in [1.807, 2.05) is 6.92 Å². The normalized spacial score (nSPS) is 13.1. The van der Waals surface area contributed by atoms with E-state index in [0.717, 1.165) is 0 Å². The summed E-state index contributed by atoms with van der Waals surface area (Å²) in [6.45, 7) is 4.12. The van der Waals surface area contributed by atoms with E-state index in [2.05, 4.69) is 4.72 Å². The molecule has 4 nitrogen and oxygen atoms in total. The zero-order valence-corrected chi connectivity index (χ0v) is 13.1. The van der Waals surface area contributed by atoms with Gasteiger partial charge < -0.3 is 4.74 Å². The summed E-state index contributed by atoms with van der Waals surface area (Å²) in [6, 6.07) is 4.77. The zero-order chi connectivity index (χ0) is 14.5. The molecule has 1 N–H and O–H groups in total. The van der Waals surface area contributed by atoms with Gasteiger partial charge in [-0.25, -0.2) is 8.42 Å². The molecule has 1 aromatic rings. The molecule has 0 aliphatic heterocycles. The van der Waals surface area contributed by atoms with Crippen LogP contribution in [-0.4, -0.2) is 26.7 Å². The highest BCUT2D eigenvalue weighted by atomic mass is 35.5. The van der Waals surface area contributed by atoms with E-state index in [9.17, 15) is 8.42 Å². The first kappa shape index (κ1) is 16.4. The maximum atomic E-state index is 11.8. The number of rotatable bonds is 7. The first-order valence-electron chi connectivity index (χ1n) is 5.86. The molecule has 0 heterocycles. The van der Waals surface area contributed by atoms with Crippen molar-refractivity contribution in [1.29, 1.82) is 0 Å². The van der Waals surface area contributed by atoms with E-state index < -0.39 is 10.0 Å². The Balaban J connectivity index is 2.80. The minimum atomic E-state index is -3.42. The maximum absolute atomic E-state index is 11.8. The van der Waals surface area contributed by atoms with Gasteiger partial charge in [0.05, 0.1) is 23.1 Å². The lowest BCUT2D eigenvalue weighted by Gasteiger charge is -2.12. The summed E-state index contributed by atoms with van der Waals surface area (Å²) < 4.78 is 31.4. The van der Waals surface area contributed by atoms with Crippen LogP contribution in [0.5, 0.6) is 5.75 Å². The Morgan fingerprint density at radius 2 is 2.11 bits per heavy atom. The summed E-state index contributed by atoms with van der Waals surface area (Å²) in [5.41, 5.74) is 0.412. The number of hydrogen-bond donors (Lipinski definition) is 1. The number of nitrogens with one attached hydrogen (secondary N) is 1. The Kier molecular flexibility index (Phi) is 6.23. The molecule has 19 heavy (non-hydrogen) atoms. The lowest BCUT2D eigenvalue weighted by Crippen LogP contribution is -2.22. The van der Waals surface area contributed by atoms with Crippen LogP contribution in [0.2, 0.25) is 5.02 Å². The van der Waals surface area contributed by atoms with Gasteiger partial charge in [-0.05, 0) is 31.0 Å². The highest BCUT2D eigenvalue weighted by Crippen LogP contribution is 2.28. The van der Waals surface area contributed by atoms with Crippen LogP contribution in [0.1, 0.15) is 13.8 Å². The number of anilines is 1. The second-order valence-corrected chi connectivity index (χ2v) is 6.70. The molecule has 1 rings (SSSR count). The summed E-state index contributed by atoms with van der Waals surface area (Å²) >= 11 is 11.6. The van der Waals surface area contributed by atoms with Gasteiger partial charge in [0.15, 0.2) is 0 Å². The van der Waals surface area contributed by atoms with Gasteiger partial charge in [-0.3, -0.25) is 4.72 Å². The molecule has 0 aliphatic carbocycles. The van der Waals surface area contributed by atoms with E-state index in [1.54, 1.807) is 19.1 Å². The summed E-state index contributed by atoms with van der Waals surface area (Å²) in [5.74, 6) is 0.685. The minimum Gasteiger partial charge on any atom is -0.492 e. The molecule has 0 fully saturated rings. The number of sulfonamides is 1. The quantitative estimate of drug-likeness (QED) is 0.782. The number of halogens is 2. The molecule has 0 spiro atoms. The van der Waals surface area contributed by atoms with Crippen molar-refractivity contribution in [1.82, 2.24) is 0 Å². The van der Waals surface area contributed by atoms with Crippen molar-refractivity contribution in [2.24, 2.45) is 5.92 Å². The molecule has 1 aromatic carbocycles. The van der Waals surface area contributed by atoms with Gasteiger partial charge in [0.1, 0.15) is 5.75 Å². The Morgan fingerprint density at radius 1 is 1.42 bits per heavy atom. The molecule has 108 valence electrons. The van der Waals surface area contributed by atoms with Crippen LogP contribution in [0.15, 0.2) is 18.2 Å². The first-order chi connectivity index (χ1) is 8.88. The zero-order valence-electron chi connectivity index (χ0n) is 10.8. The summed E-state index contributed by atoms with van der Waals surface area (Å²) in [5, 5.41) is 0.368. The molecule has 1 unspecified atom stereocenters. The average Bonchev–Trinajstić information content (AvgIpc) is 2.31. The average molecular weight is 326 g/mol. The molecule has 0 radical (unpaired) electrons. The molecule has 0 bridgehead atoms. The fourth-order valence-electron chi connectivity index (χ4n) is 1.48. The molecule has 0 aliphatic rings. The second-order valence-electron chi connectivity index (χ2n) is 4.22. The number of benzene rings is 1. The van der Waals surface area contributed by atoms with Crippen molar-refractivity contribution in [3.8, 4) is 5.75 Å². The fourth-order valence-corrected chi connectivity index (χ4v) is 3.39. The molecular weight excluding hydrogens is 309 g/mol. The van der Waals surface area contributed by atoms with Gasteiger partial charge in [0.25, 0.3) is 0 Å². The third-order valence-electron chi connectivity index (χ3n) is 2.27. The SMILES string of the molecule is CCOc1ccc(NS(=O)(=O)CC(C)CCl)cc1Cl. The summed E-state index contributed by atoms with van der Waals surface area (Å²) in [6.07, 6.45) is 0. The largest absolute Gasteiger partial charge is 0.492 e. The van der Waals surface area contributed by atoms with Gasteiger partial charge in [0.2, 0.25) is 10.0 Å². The molecule has 0 saturated carbocycles. The fraction of sp³-hybridized carbons (Fsp3) is 0.500. The van der Waals surface area contributed by atoms with E-state index in [0.29, 0.717) is 28.9 Å². The van der Waals surface area contributed by atoms with Gasteiger partial charge in [-0.1, -0.05) is 18.5 Å². The van der Waals surface area contributed by atoms with Crippen molar-refractivity contribution in [3.63, 3.8) is 0 Å². The van der Waals surface area contributed by atoms with E-state index in [4.69, 9.17) is 27.9 Å². The molecule has 0 saturated heterocycles. The maximum Gasteiger partial charge on any atom is 0.233 e. The highest BCUT2D eigenvalue weighted by molar-refractivity contribution is 7.92. The number of alkyl halides is 1. The first-order valence-corrected chi connectivity index (χ1v) is 8.43. The van der Waals surface area contributed by atoms with Crippen LogP contribution >= 0.6 is 23.2 Å². The van der Waals surface area contributed by atoms with Gasteiger partial charge in [-0.15, -0.1) is 11.6 Å². The Morgan fingerprint density at radius 3 is 2.63 bits per heavy atom. The van der Waals surface area contributed by atoms with Crippen LogP contribution in [0, 0.1) is 5.92 Å². The van der Waals surface area contributed by atoms with Crippen LogP contribution in [0.25, 0.3) is 0 Å². The third kappa shape index (κ3) is 5.47. The summed E-state index contributed by atoms with van der Waals surface area (Å²) in [7, 11) is -3.42. The summed E-state index contributed by atoms with van der Waals surface area (Å²) in [4.78, 5) is 0. The van der Waals surface area contributed by atoms with Crippen molar-refractivity contribution in [2.45, 2.75) is 13.8 Å². The van der Waals surface area contributed by atoms with Gasteiger partial charge >= 0.3 is 0 Å². The second kappa shape index (κ2) is 7.22. The molecule has 7 heteroatoms. The van der Waals surface area contributed by atoms with E-state index in [1.165, 1.54) is 6.07 Å². The predicted octanol–water partition coefficient (Wildman–Crippen LogP) is 3.36. The molecule has 0 aromatic heterocycles. The van der Waals surface area contributed by atoms with Crippen LogP contribution in [0.4, 0.5) is 5.69 Å². The standard InChI is InChI=1S/C12H17Cl2NO3S/c1-3-18-12-5-4-10(6-11(12)14)15-19(16,17)8-9(2)7-13/h4-6,9,15H,3,7-8H2,1-2H3. The van der Waals surface area contributed by atoms with Gasteiger partial charge in [-0.2, -0.15) is 0 Å². The van der Waals surface area contributed by atoms with Crippen LogP contribution < -0.4 is 9.46 Å². The molecule has 1 atom stereocenters. The monoisotopic (exact) mass is 325 g/mol. The Hall–Kier alpha value is -0.650. The minimum absolute atomic E-state index is 0.0265. The van der Waals surface area contributed by atoms with Gasteiger partial charge in [0, 0.05) is 5.88 Å². The molecule has 0 amide bonds. The number of ether oxygens (including phenoxy) is 1. The van der Waals surface area contributed by atoms with E-state index in [-0.39, 0.29) is 11.7 Å². The Bertz CT molecular complexity index is 520. The highest BCUT2D eigenvalue weighted by Gasteiger charge is 2.15.